The molecule has 0 atom stereocenters. The number of amides is 1. The molecular weight excluding hydrogens is 426 g/mol. The highest BCUT2D eigenvalue weighted by atomic mass is 35.5. The Balaban J connectivity index is 1.71. The van der Waals surface area contributed by atoms with Gasteiger partial charge < -0.3 is 10.1 Å². The van der Waals surface area contributed by atoms with Crippen molar-refractivity contribution in [3.05, 3.63) is 58.6 Å². The molecule has 1 aliphatic carbocycles. The molecule has 0 spiro atoms. The van der Waals surface area contributed by atoms with E-state index in [1.165, 1.54) is 18.2 Å². The van der Waals surface area contributed by atoms with E-state index in [0.29, 0.717) is 31.4 Å². The van der Waals surface area contributed by atoms with Crippen molar-refractivity contribution in [2.45, 2.75) is 42.0 Å². The Labute approximate surface area is 180 Å². The molecule has 1 fully saturated rings. The van der Waals surface area contributed by atoms with E-state index < -0.39 is 21.3 Å². The summed E-state index contributed by atoms with van der Waals surface area (Å²) in [6.07, 6.45) is 2.41. The lowest BCUT2D eigenvalue weighted by atomic mass is 9.69. The number of halogens is 1. The Morgan fingerprint density at radius 3 is 2.57 bits per heavy atom. The topological polar surface area (TPSA) is 122 Å². The fourth-order valence-electron chi connectivity index (χ4n) is 3.77. The van der Waals surface area contributed by atoms with Gasteiger partial charge in [0.15, 0.2) is 0 Å². The third-order valence-electron chi connectivity index (χ3n) is 5.51. The first-order valence-corrected chi connectivity index (χ1v) is 11.3. The zero-order chi connectivity index (χ0) is 21.9. The molecule has 9 heteroatoms. The van der Waals surface area contributed by atoms with Crippen molar-refractivity contribution in [2.75, 3.05) is 7.11 Å². The van der Waals surface area contributed by atoms with E-state index >= 15 is 0 Å². The normalized spacial score (nSPS) is 21.5. The summed E-state index contributed by atoms with van der Waals surface area (Å²) in [7, 11) is -2.45. The molecule has 158 valence electrons. The lowest BCUT2D eigenvalue weighted by molar-refractivity contribution is 0.0922. The van der Waals surface area contributed by atoms with Crippen LogP contribution >= 0.6 is 11.6 Å². The van der Waals surface area contributed by atoms with Gasteiger partial charge >= 0.3 is 0 Å². The lowest BCUT2D eigenvalue weighted by Crippen LogP contribution is -2.41. The molecule has 0 unspecified atom stereocenters. The Kier molecular flexibility index (Phi) is 6.36. The quantitative estimate of drug-likeness (QED) is 0.728. The van der Waals surface area contributed by atoms with Gasteiger partial charge in [0.05, 0.1) is 23.6 Å². The molecule has 1 saturated carbocycles. The third-order valence-corrected chi connectivity index (χ3v) is 6.90. The van der Waals surface area contributed by atoms with Gasteiger partial charge in [0.2, 0.25) is 10.0 Å². The van der Waals surface area contributed by atoms with Gasteiger partial charge in [-0.3, -0.25) is 4.79 Å². The molecule has 3 rings (SSSR count). The van der Waals surface area contributed by atoms with Crippen LogP contribution in [0.2, 0.25) is 5.02 Å². The second-order valence-corrected chi connectivity index (χ2v) is 9.30. The number of nitrogens with one attached hydrogen (secondary N) is 1. The molecule has 30 heavy (non-hydrogen) atoms. The zero-order valence-corrected chi connectivity index (χ0v) is 18.0. The van der Waals surface area contributed by atoms with Crippen molar-refractivity contribution in [1.82, 2.24) is 5.32 Å². The minimum absolute atomic E-state index is 0.0381. The molecule has 1 aliphatic rings. The number of nitrogens with zero attached hydrogens (tertiary/aromatic N) is 1. The van der Waals surface area contributed by atoms with E-state index in [9.17, 15) is 18.5 Å². The summed E-state index contributed by atoms with van der Waals surface area (Å²) in [4.78, 5) is 12.3. The highest BCUT2D eigenvalue weighted by molar-refractivity contribution is 7.89. The number of hydrogen-bond acceptors (Lipinski definition) is 5. The monoisotopic (exact) mass is 447 g/mol. The molecular formula is C21H22ClN3O4S. The number of hydrogen-bond donors (Lipinski definition) is 2. The van der Waals surface area contributed by atoms with E-state index in [4.69, 9.17) is 21.5 Å². The van der Waals surface area contributed by atoms with Crippen LogP contribution in [0.25, 0.3) is 0 Å². The zero-order valence-electron chi connectivity index (χ0n) is 16.4. The van der Waals surface area contributed by atoms with Gasteiger partial charge in [0, 0.05) is 11.6 Å². The number of sulfonamides is 1. The number of primary sulfonamides is 1. The number of methoxy groups -OCH3 is 1. The maximum absolute atomic E-state index is 12.6. The van der Waals surface area contributed by atoms with Crippen LogP contribution in [-0.4, -0.2) is 27.5 Å². The van der Waals surface area contributed by atoms with Crippen molar-refractivity contribution in [1.29, 1.82) is 5.26 Å². The molecule has 0 saturated heterocycles. The number of benzene rings is 2. The number of carbonyl (C=O) groups excluding carboxylic acids is 1. The van der Waals surface area contributed by atoms with Crippen LogP contribution in [0.1, 0.15) is 41.6 Å². The predicted octanol–water partition coefficient (Wildman–Crippen LogP) is 3.13. The highest BCUT2D eigenvalue weighted by Crippen LogP contribution is 2.40. The predicted molar refractivity (Wildman–Crippen MR) is 113 cm³/mol. The maximum Gasteiger partial charge on any atom is 0.251 e. The van der Waals surface area contributed by atoms with Gasteiger partial charge in [-0.2, -0.15) is 5.26 Å². The van der Waals surface area contributed by atoms with E-state index in [0.717, 1.165) is 5.56 Å². The first-order chi connectivity index (χ1) is 14.2. The fraction of sp³-hybridized carbons (Fsp3) is 0.333. The summed E-state index contributed by atoms with van der Waals surface area (Å²) in [6.45, 7) is 0. The molecule has 3 N–H and O–H groups in total. The van der Waals surface area contributed by atoms with E-state index in [1.54, 1.807) is 7.11 Å². The summed E-state index contributed by atoms with van der Waals surface area (Å²) in [6, 6.07) is 13.8. The Morgan fingerprint density at radius 1 is 1.27 bits per heavy atom. The van der Waals surface area contributed by atoms with Crippen molar-refractivity contribution in [3.8, 4) is 11.8 Å². The van der Waals surface area contributed by atoms with Gasteiger partial charge in [-0.15, -0.1) is 0 Å². The maximum atomic E-state index is 12.6. The molecule has 0 radical (unpaired) electrons. The largest absolute Gasteiger partial charge is 0.497 e. The van der Waals surface area contributed by atoms with Crippen LogP contribution in [0, 0.1) is 11.3 Å². The number of nitrogens with two attached hydrogens (primary N) is 1. The summed E-state index contributed by atoms with van der Waals surface area (Å²) >= 11 is 5.87. The summed E-state index contributed by atoms with van der Waals surface area (Å²) in [5.41, 5.74) is 0.439. The summed E-state index contributed by atoms with van der Waals surface area (Å²) in [5, 5.41) is 17.9. The van der Waals surface area contributed by atoms with Crippen LogP contribution in [0.5, 0.6) is 5.75 Å². The van der Waals surface area contributed by atoms with Gasteiger partial charge in [-0.05, 0) is 61.6 Å². The molecule has 2 aromatic carbocycles. The van der Waals surface area contributed by atoms with Crippen LogP contribution < -0.4 is 15.2 Å². The second-order valence-electron chi connectivity index (χ2n) is 7.36. The van der Waals surface area contributed by atoms with Gasteiger partial charge in [0.25, 0.3) is 5.91 Å². The van der Waals surface area contributed by atoms with Crippen LogP contribution in [0.3, 0.4) is 0 Å². The molecule has 7 nitrogen and oxygen atoms in total. The molecule has 0 aliphatic heterocycles. The average molecular weight is 448 g/mol. The average Bonchev–Trinajstić information content (AvgIpc) is 2.74. The lowest BCUT2D eigenvalue weighted by Gasteiger charge is -2.35. The number of carbonyl (C=O) groups is 1. The number of ether oxygens (including phenoxy) is 1. The van der Waals surface area contributed by atoms with Crippen molar-refractivity contribution in [3.63, 3.8) is 0 Å². The molecule has 0 bridgehead atoms. The van der Waals surface area contributed by atoms with E-state index in [2.05, 4.69) is 11.4 Å². The summed E-state index contributed by atoms with van der Waals surface area (Å²) in [5.74, 6) is 0.290. The van der Waals surface area contributed by atoms with E-state index in [1.807, 2.05) is 24.3 Å². The van der Waals surface area contributed by atoms with Gasteiger partial charge in [-0.25, -0.2) is 13.6 Å². The van der Waals surface area contributed by atoms with Crippen molar-refractivity contribution >= 4 is 27.5 Å². The van der Waals surface area contributed by atoms with Crippen LogP contribution in [-0.2, 0) is 15.4 Å². The Hall–Kier alpha value is -2.60. The summed E-state index contributed by atoms with van der Waals surface area (Å²) < 4.78 is 28.5. The SMILES string of the molecule is COc1cccc([C@]2(C#N)CC[C@@H](NC(=O)c3ccc(Cl)c(S(N)(=O)=O)c3)CC2)c1. The fourth-order valence-corrected chi connectivity index (χ4v) is 4.84. The minimum atomic E-state index is -4.04. The van der Waals surface area contributed by atoms with Gasteiger partial charge in [-0.1, -0.05) is 23.7 Å². The first kappa shape index (κ1) is 22.1. The molecule has 0 heterocycles. The standard InChI is InChI=1S/C21H22ClN3O4S/c1-29-17-4-2-3-15(12-17)21(13-23)9-7-16(8-10-21)25-20(26)14-5-6-18(22)19(11-14)30(24,27)28/h2-6,11-12,16H,7-10H2,1H3,(H,25,26)(H2,24,27,28)/t16-,21-. The Morgan fingerprint density at radius 2 is 1.97 bits per heavy atom. The number of rotatable bonds is 5. The molecule has 1 amide bonds. The first-order valence-electron chi connectivity index (χ1n) is 9.37. The number of nitriles is 1. The minimum Gasteiger partial charge on any atom is -0.497 e. The Bertz CT molecular complexity index is 1100. The molecule has 0 aromatic heterocycles. The third kappa shape index (κ3) is 4.59. The van der Waals surface area contributed by atoms with Crippen molar-refractivity contribution in [2.24, 2.45) is 5.14 Å². The van der Waals surface area contributed by atoms with Crippen LogP contribution in [0.4, 0.5) is 0 Å². The van der Waals surface area contributed by atoms with E-state index in [-0.39, 0.29) is 21.5 Å². The van der Waals surface area contributed by atoms with Crippen molar-refractivity contribution < 1.29 is 17.9 Å². The second kappa shape index (κ2) is 8.64. The van der Waals surface area contributed by atoms with Gasteiger partial charge in [0.1, 0.15) is 10.6 Å². The molecule has 2 aromatic rings. The smallest absolute Gasteiger partial charge is 0.251 e. The highest BCUT2D eigenvalue weighted by Gasteiger charge is 2.38. The van der Waals surface area contributed by atoms with Crippen LogP contribution in [0.15, 0.2) is 47.4 Å².